The molecule has 7 heteroatoms. The molecule has 0 unspecified atom stereocenters. The highest BCUT2D eigenvalue weighted by Crippen LogP contribution is 2.13. The molecule has 2 aromatic rings. The zero-order valence-electron chi connectivity index (χ0n) is 11.2. The van der Waals surface area contributed by atoms with Gasteiger partial charge < -0.3 is 5.11 Å². The summed E-state index contributed by atoms with van der Waals surface area (Å²) in [5, 5.41) is 20.9. The van der Waals surface area contributed by atoms with Gasteiger partial charge in [0, 0.05) is 18.8 Å². The number of rotatable bonds is 5. The third-order valence-electron chi connectivity index (χ3n) is 2.73. The van der Waals surface area contributed by atoms with E-state index in [2.05, 4.69) is 15.4 Å². The van der Waals surface area contributed by atoms with Crippen LogP contribution in [0.5, 0.6) is 0 Å². The second-order valence-corrected chi connectivity index (χ2v) is 4.97. The molecule has 0 spiro atoms. The first-order valence-corrected chi connectivity index (χ1v) is 6.10. The molecule has 7 nitrogen and oxygen atoms in total. The van der Waals surface area contributed by atoms with Crippen LogP contribution in [-0.4, -0.2) is 35.9 Å². The van der Waals surface area contributed by atoms with Crippen LogP contribution in [0.2, 0.25) is 0 Å². The number of aromatic nitrogens is 5. The van der Waals surface area contributed by atoms with Crippen molar-refractivity contribution in [3.05, 3.63) is 29.3 Å². The summed E-state index contributed by atoms with van der Waals surface area (Å²) in [6.45, 7) is 4.55. The van der Waals surface area contributed by atoms with Crippen molar-refractivity contribution >= 4 is 5.97 Å². The van der Waals surface area contributed by atoms with Crippen LogP contribution in [0.3, 0.4) is 0 Å². The Labute approximate surface area is 110 Å². The van der Waals surface area contributed by atoms with E-state index in [4.69, 9.17) is 5.11 Å². The van der Waals surface area contributed by atoms with Gasteiger partial charge in [0.15, 0.2) is 5.69 Å². The van der Waals surface area contributed by atoms with Crippen molar-refractivity contribution in [1.29, 1.82) is 0 Å². The number of carboxylic acid groups (broad SMARTS) is 1. The highest BCUT2D eigenvalue weighted by atomic mass is 16.4. The quantitative estimate of drug-likeness (QED) is 0.868. The predicted octanol–water partition coefficient (Wildman–Crippen LogP) is 0.957. The first-order valence-electron chi connectivity index (χ1n) is 6.10. The third kappa shape index (κ3) is 2.98. The highest BCUT2D eigenvalue weighted by molar-refractivity contribution is 5.86. The van der Waals surface area contributed by atoms with Crippen LogP contribution in [-0.2, 0) is 20.0 Å². The molecule has 0 saturated heterocycles. The van der Waals surface area contributed by atoms with Crippen molar-refractivity contribution in [2.45, 2.75) is 26.8 Å². The van der Waals surface area contributed by atoms with E-state index in [0.29, 0.717) is 24.6 Å². The summed E-state index contributed by atoms with van der Waals surface area (Å²) < 4.78 is 3.34. The van der Waals surface area contributed by atoms with Crippen molar-refractivity contribution in [2.24, 2.45) is 13.0 Å². The highest BCUT2D eigenvalue weighted by Gasteiger charge is 2.20. The van der Waals surface area contributed by atoms with Crippen LogP contribution in [0.1, 0.15) is 35.6 Å². The first kappa shape index (κ1) is 13.3. The molecular formula is C12H17N5O2. The maximum absolute atomic E-state index is 11.1. The molecule has 1 N–H and O–H groups in total. The Morgan fingerprint density at radius 1 is 1.47 bits per heavy atom. The van der Waals surface area contributed by atoms with Gasteiger partial charge in [0.25, 0.3) is 0 Å². The smallest absolute Gasteiger partial charge is 0.358 e. The second kappa shape index (κ2) is 5.21. The largest absolute Gasteiger partial charge is 0.476 e. The van der Waals surface area contributed by atoms with Crippen molar-refractivity contribution in [1.82, 2.24) is 24.8 Å². The zero-order valence-corrected chi connectivity index (χ0v) is 11.2. The fourth-order valence-corrected chi connectivity index (χ4v) is 1.94. The molecule has 19 heavy (non-hydrogen) atoms. The maximum atomic E-state index is 11.1. The number of hydrogen-bond donors (Lipinski definition) is 1. The van der Waals surface area contributed by atoms with Gasteiger partial charge in [0.2, 0.25) is 0 Å². The van der Waals surface area contributed by atoms with E-state index < -0.39 is 5.97 Å². The molecule has 0 amide bonds. The van der Waals surface area contributed by atoms with Crippen LogP contribution in [0.25, 0.3) is 0 Å². The van der Waals surface area contributed by atoms with Gasteiger partial charge in [-0.3, -0.25) is 4.68 Å². The van der Waals surface area contributed by atoms with E-state index in [1.807, 2.05) is 27.1 Å². The minimum Gasteiger partial charge on any atom is -0.476 e. The second-order valence-electron chi connectivity index (χ2n) is 4.97. The third-order valence-corrected chi connectivity index (χ3v) is 2.73. The van der Waals surface area contributed by atoms with Gasteiger partial charge in [-0.2, -0.15) is 5.10 Å². The summed E-state index contributed by atoms with van der Waals surface area (Å²) >= 11 is 0. The Bertz CT molecular complexity index is 585. The van der Waals surface area contributed by atoms with Gasteiger partial charge in [-0.15, -0.1) is 5.10 Å². The van der Waals surface area contributed by atoms with Crippen LogP contribution in [0.15, 0.2) is 12.4 Å². The van der Waals surface area contributed by atoms with Crippen LogP contribution >= 0.6 is 0 Å². The summed E-state index contributed by atoms with van der Waals surface area (Å²) in [6, 6.07) is 0. The lowest BCUT2D eigenvalue weighted by Gasteiger charge is -2.08. The van der Waals surface area contributed by atoms with E-state index in [0.717, 1.165) is 5.56 Å². The number of aromatic carboxylic acids is 1. The zero-order chi connectivity index (χ0) is 14.0. The fourth-order valence-electron chi connectivity index (χ4n) is 1.94. The number of aryl methyl sites for hydroxylation is 1. The van der Waals surface area contributed by atoms with Crippen LogP contribution in [0.4, 0.5) is 0 Å². The lowest BCUT2D eigenvalue weighted by molar-refractivity contribution is 0.0689. The summed E-state index contributed by atoms with van der Waals surface area (Å²) in [4.78, 5) is 11.1. The minimum atomic E-state index is -1.03. The van der Waals surface area contributed by atoms with Crippen LogP contribution in [0, 0.1) is 5.92 Å². The topological polar surface area (TPSA) is 85.8 Å². The average Bonchev–Trinajstić information content (AvgIpc) is 2.87. The van der Waals surface area contributed by atoms with Crippen molar-refractivity contribution in [3.63, 3.8) is 0 Å². The Kier molecular flexibility index (Phi) is 3.64. The van der Waals surface area contributed by atoms with E-state index in [1.54, 1.807) is 15.6 Å². The van der Waals surface area contributed by atoms with Gasteiger partial charge in [0.05, 0.1) is 18.4 Å². The molecule has 0 radical (unpaired) electrons. The molecule has 0 aromatic carbocycles. The van der Waals surface area contributed by atoms with Crippen molar-refractivity contribution < 1.29 is 9.90 Å². The van der Waals surface area contributed by atoms with Crippen LogP contribution < -0.4 is 0 Å². The van der Waals surface area contributed by atoms with Gasteiger partial charge in [-0.1, -0.05) is 19.1 Å². The standard InChI is InChI=1S/C12H17N5O2/c1-8(2)4-10-11(12(18)19)14-15-17(10)7-9-5-13-16(3)6-9/h5-6,8H,4,7H2,1-3H3,(H,18,19). The number of hydrogen-bond acceptors (Lipinski definition) is 4. The minimum absolute atomic E-state index is 0.0394. The molecule has 0 aliphatic heterocycles. The maximum Gasteiger partial charge on any atom is 0.358 e. The predicted molar refractivity (Wildman–Crippen MR) is 67.8 cm³/mol. The molecule has 2 rings (SSSR count). The van der Waals surface area contributed by atoms with E-state index >= 15 is 0 Å². The molecule has 2 heterocycles. The molecule has 0 saturated carbocycles. The normalized spacial score (nSPS) is 11.2. The summed E-state index contributed by atoms with van der Waals surface area (Å²) in [5.41, 5.74) is 1.67. The number of carbonyl (C=O) groups is 1. The number of nitrogens with zero attached hydrogens (tertiary/aromatic N) is 5. The summed E-state index contributed by atoms with van der Waals surface area (Å²) in [6.07, 6.45) is 4.25. The van der Waals surface area contributed by atoms with Gasteiger partial charge in [-0.05, 0) is 12.3 Å². The van der Waals surface area contributed by atoms with Gasteiger partial charge >= 0.3 is 5.97 Å². The molecule has 0 aliphatic carbocycles. The molecule has 2 aromatic heterocycles. The van der Waals surface area contributed by atoms with Crippen molar-refractivity contribution in [2.75, 3.05) is 0 Å². The molecule has 102 valence electrons. The molecule has 0 atom stereocenters. The molecule has 0 bridgehead atoms. The monoisotopic (exact) mass is 263 g/mol. The van der Waals surface area contributed by atoms with Gasteiger partial charge in [0.1, 0.15) is 0 Å². The Balaban J connectivity index is 2.31. The van der Waals surface area contributed by atoms with E-state index in [9.17, 15) is 4.79 Å². The molecule has 0 fully saturated rings. The Hall–Kier alpha value is -2.18. The first-order chi connectivity index (χ1) is 8.97. The van der Waals surface area contributed by atoms with E-state index in [1.165, 1.54) is 0 Å². The summed E-state index contributed by atoms with van der Waals surface area (Å²) in [5.74, 6) is -0.697. The lowest BCUT2D eigenvalue weighted by atomic mass is 10.1. The van der Waals surface area contributed by atoms with Crippen molar-refractivity contribution in [3.8, 4) is 0 Å². The molecular weight excluding hydrogens is 246 g/mol. The average molecular weight is 263 g/mol. The molecule has 0 aliphatic rings. The summed E-state index contributed by atoms with van der Waals surface area (Å²) in [7, 11) is 1.84. The Morgan fingerprint density at radius 3 is 2.74 bits per heavy atom. The SMILES string of the molecule is CC(C)Cc1c(C(=O)O)nnn1Cc1cnn(C)c1. The van der Waals surface area contributed by atoms with E-state index in [-0.39, 0.29) is 5.69 Å². The fraction of sp³-hybridized carbons (Fsp3) is 0.500. The Morgan fingerprint density at radius 2 is 2.21 bits per heavy atom. The van der Waals surface area contributed by atoms with Gasteiger partial charge in [-0.25, -0.2) is 9.48 Å². The number of carboxylic acids is 1. The lowest BCUT2D eigenvalue weighted by Crippen LogP contribution is -2.11.